The molecule has 1 heterocycles. The van der Waals surface area contributed by atoms with Crippen LogP contribution in [-0.2, 0) is 4.79 Å². The van der Waals surface area contributed by atoms with E-state index >= 15 is 0 Å². The summed E-state index contributed by atoms with van der Waals surface area (Å²) < 4.78 is 24.3. The van der Waals surface area contributed by atoms with Gasteiger partial charge in [-0.15, -0.1) is 0 Å². The Labute approximate surface area is 173 Å². The van der Waals surface area contributed by atoms with Crippen molar-refractivity contribution in [2.75, 3.05) is 20.2 Å². The third-order valence-electron chi connectivity index (χ3n) is 4.21. The van der Waals surface area contributed by atoms with Crippen molar-refractivity contribution < 1.29 is 23.1 Å². The first kappa shape index (κ1) is 20.9. The summed E-state index contributed by atoms with van der Waals surface area (Å²) >= 11 is 0. The van der Waals surface area contributed by atoms with E-state index in [0.717, 1.165) is 0 Å². The van der Waals surface area contributed by atoms with Gasteiger partial charge in [-0.25, -0.2) is 4.39 Å². The first-order valence-electron chi connectivity index (χ1n) is 9.29. The van der Waals surface area contributed by atoms with Gasteiger partial charge in [0.1, 0.15) is 18.1 Å². The summed E-state index contributed by atoms with van der Waals surface area (Å²) in [5.74, 6) is -0.796. The molecule has 0 aliphatic carbocycles. The minimum atomic E-state index is -0.472. The summed E-state index contributed by atoms with van der Waals surface area (Å²) in [6, 6.07) is 18.0. The molecule has 0 aliphatic heterocycles. The van der Waals surface area contributed by atoms with Gasteiger partial charge in [-0.1, -0.05) is 30.3 Å². The molecule has 0 atom stereocenters. The Morgan fingerprint density at radius 3 is 2.50 bits per heavy atom. The number of nitrogens with zero attached hydrogens (tertiary/aromatic N) is 1. The van der Waals surface area contributed by atoms with Gasteiger partial charge in [0.25, 0.3) is 11.8 Å². The van der Waals surface area contributed by atoms with Gasteiger partial charge in [0, 0.05) is 18.7 Å². The Bertz CT molecular complexity index is 1020. The molecule has 3 aromatic rings. The number of ether oxygens (including phenoxy) is 1. The van der Waals surface area contributed by atoms with E-state index in [-0.39, 0.29) is 24.6 Å². The SMILES string of the molecule is CN(CCOc1ccccc1F)C(=O)/C(=C/c1ccco1)NC(=O)c1ccccc1. The molecule has 0 fully saturated rings. The highest BCUT2D eigenvalue weighted by Crippen LogP contribution is 2.15. The molecule has 0 unspecified atom stereocenters. The number of carbonyl (C=O) groups is 2. The number of likely N-dealkylation sites (N-methyl/N-ethyl adjacent to an activating group) is 1. The molecule has 2 amide bonds. The zero-order chi connectivity index (χ0) is 21.3. The second-order valence-electron chi connectivity index (χ2n) is 6.40. The fourth-order valence-electron chi connectivity index (χ4n) is 2.61. The lowest BCUT2D eigenvalue weighted by atomic mass is 10.2. The minimum absolute atomic E-state index is 0.0483. The van der Waals surface area contributed by atoms with Gasteiger partial charge in [-0.05, 0) is 36.4 Å². The number of nitrogens with one attached hydrogen (secondary N) is 1. The number of halogens is 1. The number of para-hydroxylation sites is 1. The van der Waals surface area contributed by atoms with Gasteiger partial charge in [-0.2, -0.15) is 0 Å². The van der Waals surface area contributed by atoms with Crippen molar-refractivity contribution in [2.45, 2.75) is 0 Å². The largest absolute Gasteiger partial charge is 0.489 e. The summed E-state index contributed by atoms with van der Waals surface area (Å²) in [7, 11) is 1.57. The van der Waals surface area contributed by atoms with Crippen molar-refractivity contribution in [3.63, 3.8) is 0 Å². The maximum Gasteiger partial charge on any atom is 0.270 e. The number of hydrogen-bond donors (Lipinski definition) is 1. The van der Waals surface area contributed by atoms with Gasteiger partial charge < -0.3 is 19.4 Å². The molecule has 0 radical (unpaired) electrons. The fourth-order valence-corrected chi connectivity index (χ4v) is 2.61. The normalized spacial score (nSPS) is 11.1. The van der Waals surface area contributed by atoms with E-state index in [1.54, 1.807) is 61.6 Å². The first-order chi connectivity index (χ1) is 14.5. The van der Waals surface area contributed by atoms with Crippen LogP contribution in [0.4, 0.5) is 4.39 Å². The maximum absolute atomic E-state index is 13.6. The summed E-state index contributed by atoms with van der Waals surface area (Å²) in [6.07, 6.45) is 2.93. The zero-order valence-corrected chi connectivity index (χ0v) is 16.4. The standard InChI is InChI=1S/C23H21FN2O4/c1-26(13-15-30-21-12-6-5-11-19(21)24)23(28)20(16-18-10-7-14-29-18)25-22(27)17-8-3-2-4-9-17/h2-12,14,16H,13,15H2,1H3,(H,25,27)/b20-16-. The second-order valence-corrected chi connectivity index (χ2v) is 6.40. The van der Waals surface area contributed by atoms with Crippen LogP contribution in [0.25, 0.3) is 6.08 Å². The number of hydrogen-bond acceptors (Lipinski definition) is 4. The first-order valence-corrected chi connectivity index (χ1v) is 9.29. The molecular formula is C23H21FN2O4. The van der Waals surface area contributed by atoms with Crippen LogP contribution in [0.15, 0.2) is 83.1 Å². The van der Waals surface area contributed by atoms with Crippen LogP contribution in [0.2, 0.25) is 0 Å². The van der Waals surface area contributed by atoms with Crippen molar-refractivity contribution in [3.8, 4) is 5.75 Å². The zero-order valence-electron chi connectivity index (χ0n) is 16.4. The van der Waals surface area contributed by atoms with Crippen LogP contribution in [0.3, 0.4) is 0 Å². The summed E-state index contributed by atoms with van der Waals surface area (Å²) in [4.78, 5) is 26.8. The number of amides is 2. The van der Waals surface area contributed by atoms with E-state index in [1.807, 2.05) is 0 Å². The second kappa shape index (κ2) is 10.1. The van der Waals surface area contributed by atoms with Gasteiger partial charge in [0.05, 0.1) is 12.8 Å². The third-order valence-corrected chi connectivity index (χ3v) is 4.21. The molecule has 1 N–H and O–H groups in total. The molecule has 6 nitrogen and oxygen atoms in total. The van der Waals surface area contributed by atoms with Crippen LogP contribution in [-0.4, -0.2) is 36.9 Å². The molecule has 1 aromatic heterocycles. The molecule has 7 heteroatoms. The van der Waals surface area contributed by atoms with E-state index in [4.69, 9.17) is 9.15 Å². The van der Waals surface area contributed by atoms with Crippen molar-refractivity contribution >= 4 is 17.9 Å². The van der Waals surface area contributed by atoms with E-state index in [0.29, 0.717) is 11.3 Å². The number of benzene rings is 2. The Hall–Kier alpha value is -3.87. The summed E-state index contributed by atoms with van der Waals surface area (Å²) in [5.41, 5.74) is 0.466. The molecule has 154 valence electrons. The van der Waals surface area contributed by atoms with Crippen molar-refractivity contribution in [3.05, 3.63) is 95.8 Å². The van der Waals surface area contributed by atoms with Crippen LogP contribution >= 0.6 is 0 Å². The third kappa shape index (κ3) is 5.57. The molecule has 0 spiro atoms. The molecule has 0 saturated carbocycles. The average Bonchev–Trinajstić information content (AvgIpc) is 3.27. The number of furan rings is 1. The lowest BCUT2D eigenvalue weighted by Gasteiger charge is -2.20. The molecule has 3 rings (SSSR count). The monoisotopic (exact) mass is 408 g/mol. The van der Waals surface area contributed by atoms with E-state index in [1.165, 1.54) is 29.4 Å². The minimum Gasteiger partial charge on any atom is -0.489 e. The van der Waals surface area contributed by atoms with Gasteiger partial charge in [-0.3, -0.25) is 9.59 Å². The van der Waals surface area contributed by atoms with Crippen molar-refractivity contribution in [1.29, 1.82) is 0 Å². The molecular weight excluding hydrogens is 387 g/mol. The molecule has 2 aromatic carbocycles. The quantitative estimate of drug-likeness (QED) is 0.577. The van der Waals surface area contributed by atoms with Crippen LogP contribution in [0.1, 0.15) is 16.1 Å². The van der Waals surface area contributed by atoms with Crippen molar-refractivity contribution in [2.24, 2.45) is 0 Å². The predicted molar refractivity (Wildman–Crippen MR) is 110 cm³/mol. The fraction of sp³-hybridized carbons (Fsp3) is 0.130. The Balaban J connectivity index is 1.68. The summed E-state index contributed by atoms with van der Waals surface area (Å²) in [6.45, 7) is 0.272. The predicted octanol–water partition coefficient (Wildman–Crippen LogP) is 3.73. The van der Waals surface area contributed by atoms with Crippen LogP contribution in [0, 0.1) is 5.82 Å². The average molecular weight is 408 g/mol. The van der Waals surface area contributed by atoms with Gasteiger partial charge in [0.2, 0.25) is 0 Å². The Kier molecular flexibility index (Phi) is 7.00. The maximum atomic E-state index is 13.6. The van der Waals surface area contributed by atoms with E-state index < -0.39 is 17.6 Å². The Morgan fingerprint density at radius 2 is 1.80 bits per heavy atom. The van der Waals surface area contributed by atoms with Crippen LogP contribution < -0.4 is 10.1 Å². The highest BCUT2D eigenvalue weighted by molar-refractivity contribution is 6.05. The number of carbonyl (C=O) groups excluding carboxylic acids is 2. The highest BCUT2D eigenvalue weighted by Gasteiger charge is 2.19. The van der Waals surface area contributed by atoms with Crippen molar-refractivity contribution in [1.82, 2.24) is 10.2 Å². The number of rotatable bonds is 8. The Morgan fingerprint density at radius 1 is 1.07 bits per heavy atom. The molecule has 0 saturated heterocycles. The lowest BCUT2D eigenvalue weighted by molar-refractivity contribution is -0.126. The van der Waals surface area contributed by atoms with Crippen LogP contribution in [0.5, 0.6) is 5.75 Å². The van der Waals surface area contributed by atoms with E-state index in [9.17, 15) is 14.0 Å². The van der Waals surface area contributed by atoms with Gasteiger partial charge >= 0.3 is 0 Å². The molecule has 0 bridgehead atoms. The highest BCUT2D eigenvalue weighted by atomic mass is 19.1. The summed E-state index contributed by atoms with van der Waals surface area (Å²) in [5, 5.41) is 2.64. The smallest absolute Gasteiger partial charge is 0.270 e. The lowest BCUT2D eigenvalue weighted by Crippen LogP contribution is -2.38. The molecule has 30 heavy (non-hydrogen) atoms. The topological polar surface area (TPSA) is 71.8 Å². The van der Waals surface area contributed by atoms with Gasteiger partial charge in [0.15, 0.2) is 11.6 Å². The molecule has 0 aliphatic rings. The van der Waals surface area contributed by atoms with E-state index in [2.05, 4.69) is 5.32 Å².